The van der Waals surface area contributed by atoms with Crippen LogP contribution in [0.1, 0.15) is 28.7 Å². The Morgan fingerprint density at radius 3 is 2.88 bits per heavy atom. The largest absolute Gasteiger partial charge is 0.507 e. The van der Waals surface area contributed by atoms with Crippen LogP contribution in [0.5, 0.6) is 5.75 Å². The number of anilines is 1. The van der Waals surface area contributed by atoms with Gasteiger partial charge in [0.2, 0.25) is 0 Å². The maximum Gasteiger partial charge on any atom is 0.348 e. The molecule has 1 aliphatic rings. The molecule has 0 saturated carbocycles. The van der Waals surface area contributed by atoms with E-state index in [1.54, 1.807) is 18.3 Å². The van der Waals surface area contributed by atoms with E-state index in [4.69, 9.17) is 4.42 Å². The predicted octanol–water partition coefficient (Wildman–Crippen LogP) is 4.39. The van der Waals surface area contributed by atoms with Crippen molar-refractivity contribution >= 4 is 28.4 Å². The minimum atomic E-state index is -0.569. The van der Waals surface area contributed by atoms with Crippen LogP contribution in [0.4, 0.5) is 11.4 Å². The van der Waals surface area contributed by atoms with E-state index in [1.165, 1.54) is 6.07 Å². The van der Waals surface area contributed by atoms with Crippen LogP contribution in [0, 0.1) is 6.92 Å². The summed E-state index contributed by atoms with van der Waals surface area (Å²) in [5, 5.41) is 15.8. The van der Waals surface area contributed by atoms with E-state index in [0.717, 1.165) is 16.3 Å². The molecule has 1 aromatic carbocycles. The van der Waals surface area contributed by atoms with Crippen molar-refractivity contribution in [2.75, 3.05) is 5.32 Å². The number of aliphatic imine (C=N–C) groups is 1. The molecule has 0 unspecified atom stereocenters. The fourth-order valence-corrected chi connectivity index (χ4v) is 3.78. The van der Waals surface area contributed by atoms with Gasteiger partial charge in [-0.15, -0.1) is 11.3 Å². The van der Waals surface area contributed by atoms with Crippen molar-refractivity contribution in [3.63, 3.8) is 0 Å². The standard InChI is InChI=1S/C19H16N2O3S/c1-11-9-16(22)18(19(23)24-11)15-10-14(17-7-4-8-25-17)20-12-5-2-3-6-13(12)21-15/h2-9,14,20,22H,10H2,1H3/t14-/m1/s1. The highest BCUT2D eigenvalue weighted by molar-refractivity contribution is 7.10. The molecule has 126 valence electrons. The number of para-hydroxylation sites is 2. The van der Waals surface area contributed by atoms with E-state index in [0.29, 0.717) is 17.9 Å². The molecule has 1 aliphatic heterocycles. The topological polar surface area (TPSA) is 74.8 Å². The Morgan fingerprint density at radius 1 is 1.28 bits per heavy atom. The van der Waals surface area contributed by atoms with Gasteiger partial charge in [-0.05, 0) is 30.5 Å². The monoisotopic (exact) mass is 352 g/mol. The average molecular weight is 352 g/mol. The van der Waals surface area contributed by atoms with Gasteiger partial charge >= 0.3 is 5.63 Å². The first-order chi connectivity index (χ1) is 12.1. The second kappa shape index (κ2) is 6.22. The number of rotatable bonds is 2. The Morgan fingerprint density at radius 2 is 2.12 bits per heavy atom. The summed E-state index contributed by atoms with van der Waals surface area (Å²) in [7, 11) is 0. The molecule has 0 spiro atoms. The summed E-state index contributed by atoms with van der Waals surface area (Å²) in [5.74, 6) is 0.269. The van der Waals surface area contributed by atoms with Crippen LogP contribution in [0.15, 0.2) is 62.0 Å². The van der Waals surface area contributed by atoms with E-state index in [-0.39, 0.29) is 17.4 Å². The molecule has 2 N–H and O–H groups in total. The van der Waals surface area contributed by atoms with Gasteiger partial charge in [0.15, 0.2) is 0 Å². The highest BCUT2D eigenvalue weighted by atomic mass is 32.1. The number of nitrogens with one attached hydrogen (secondary N) is 1. The van der Waals surface area contributed by atoms with E-state index in [9.17, 15) is 9.90 Å². The molecule has 0 amide bonds. The smallest absolute Gasteiger partial charge is 0.348 e. The van der Waals surface area contributed by atoms with Crippen molar-refractivity contribution in [1.29, 1.82) is 0 Å². The van der Waals surface area contributed by atoms with Gasteiger partial charge in [0.05, 0.1) is 23.1 Å². The summed E-state index contributed by atoms with van der Waals surface area (Å²) < 4.78 is 5.18. The number of fused-ring (bicyclic) bond motifs is 1. The van der Waals surface area contributed by atoms with Gasteiger partial charge in [0.1, 0.15) is 17.1 Å². The summed E-state index contributed by atoms with van der Waals surface area (Å²) in [6.45, 7) is 1.63. The van der Waals surface area contributed by atoms with Crippen molar-refractivity contribution < 1.29 is 9.52 Å². The summed E-state index contributed by atoms with van der Waals surface area (Å²) in [6, 6.07) is 13.1. The normalized spacial score (nSPS) is 16.5. The zero-order valence-corrected chi connectivity index (χ0v) is 14.3. The molecule has 0 fully saturated rings. The molecule has 6 heteroatoms. The van der Waals surface area contributed by atoms with Crippen LogP contribution in [0.3, 0.4) is 0 Å². The molecule has 3 heterocycles. The van der Waals surface area contributed by atoms with Crippen molar-refractivity contribution in [2.45, 2.75) is 19.4 Å². The predicted molar refractivity (Wildman–Crippen MR) is 99.3 cm³/mol. The van der Waals surface area contributed by atoms with E-state index < -0.39 is 5.63 Å². The SMILES string of the molecule is Cc1cc(O)c(C2=Nc3ccccc3N[C@@H](c3cccs3)C2)c(=O)o1. The van der Waals surface area contributed by atoms with Crippen molar-refractivity contribution in [3.05, 3.63) is 74.5 Å². The Labute approximate surface area is 148 Å². The number of nitrogens with zero attached hydrogens (tertiary/aromatic N) is 1. The van der Waals surface area contributed by atoms with Crippen molar-refractivity contribution in [1.82, 2.24) is 0 Å². The first kappa shape index (κ1) is 15.7. The van der Waals surface area contributed by atoms with Crippen LogP contribution in [-0.2, 0) is 0 Å². The Kier molecular flexibility index (Phi) is 3.89. The summed E-state index contributed by atoms with van der Waals surface area (Å²) in [6.07, 6.45) is 0.469. The fourth-order valence-electron chi connectivity index (χ4n) is 3.00. The Bertz CT molecular complexity index is 1010. The Balaban J connectivity index is 1.89. The maximum atomic E-state index is 12.4. The molecule has 3 aromatic rings. The lowest BCUT2D eigenvalue weighted by molar-refractivity contribution is 0.432. The van der Waals surface area contributed by atoms with E-state index >= 15 is 0 Å². The highest BCUT2D eigenvalue weighted by Crippen LogP contribution is 2.37. The van der Waals surface area contributed by atoms with Crippen LogP contribution in [-0.4, -0.2) is 10.8 Å². The lowest BCUT2D eigenvalue weighted by atomic mass is 10.0. The summed E-state index contributed by atoms with van der Waals surface area (Å²) >= 11 is 1.64. The third kappa shape index (κ3) is 2.96. The third-order valence-electron chi connectivity index (χ3n) is 4.12. The molecular formula is C19H16N2O3S. The van der Waals surface area contributed by atoms with Gasteiger partial charge < -0.3 is 14.8 Å². The summed E-state index contributed by atoms with van der Waals surface area (Å²) in [4.78, 5) is 18.2. The second-order valence-corrected chi connectivity index (χ2v) is 6.88. The third-order valence-corrected chi connectivity index (χ3v) is 5.10. The molecule has 0 bridgehead atoms. The van der Waals surface area contributed by atoms with Crippen molar-refractivity contribution in [2.24, 2.45) is 4.99 Å². The average Bonchev–Trinajstić information content (AvgIpc) is 3.02. The number of hydrogen-bond acceptors (Lipinski definition) is 6. The molecular weight excluding hydrogens is 336 g/mol. The second-order valence-electron chi connectivity index (χ2n) is 5.90. The number of thiophene rings is 1. The molecule has 25 heavy (non-hydrogen) atoms. The van der Waals surface area contributed by atoms with E-state index in [2.05, 4.69) is 10.3 Å². The lowest BCUT2D eigenvalue weighted by Crippen LogP contribution is -2.19. The zero-order valence-electron chi connectivity index (χ0n) is 13.5. The van der Waals surface area contributed by atoms with Gasteiger partial charge in [0.25, 0.3) is 0 Å². The molecule has 4 rings (SSSR count). The van der Waals surface area contributed by atoms with Gasteiger partial charge in [0, 0.05) is 17.4 Å². The van der Waals surface area contributed by atoms with Crippen molar-refractivity contribution in [3.8, 4) is 5.75 Å². The minimum Gasteiger partial charge on any atom is -0.507 e. The molecule has 0 aliphatic carbocycles. The number of benzene rings is 1. The Hall–Kier alpha value is -2.86. The fraction of sp³-hybridized carbons (Fsp3) is 0.158. The quantitative estimate of drug-likeness (QED) is 0.717. The molecule has 1 atom stereocenters. The van der Waals surface area contributed by atoms with E-state index in [1.807, 2.05) is 41.8 Å². The first-order valence-corrected chi connectivity index (χ1v) is 8.80. The van der Waals surface area contributed by atoms with Crippen LogP contribution in [0.2, 0.25) is 0 Å². The molecule has 0 saturated heterocycles. The highest BCUT2D eigenvalue weighted by Gasteiger charge is 2.25. The number of hydrogen-bond donors (Lipinski definition) is 2. The number of aromatic hydroxyl groups is 1. The van der Waals surface area contributed by atoms with Crippen LogP contribution >= 0.6 is 11.3 Å². The van der Waals surface area contributed by atoms with Crippen LogP contribution < -0.4 is 10.9 Å². The molecule has 0 radical (unpaired) electrons. The van der Waals surface area contributed by atoms with Gasteiger partial charge in [-0.1, -0.05) is 18.2 Å². The van der Waals surface area contributed by atoms with Gasteiger partial charge in [-0.25, -0.2) is 4.79 Å². The molecule has 5 nitrogen and oxygen atoms in total. The maximum absolute atomic E-state index is 12.4. The van der Waals surface area contributed by atoms with Gasteiger partial charge in [-0.3, -0.25) is 4.99 Å². The molecule has 2 aromatic heterocycles. The van der Waals surface area contributed by atoms with Crippen LogP contribution in [0.25, 0.3) is 0 Å². The zero-order chi connectivity index (χ0) is 17.4. The summed E-state index contributed by atoms with van der Waals surface area (Å²) in [5.41, 5.74) is 1.70. The first-order valence-electron chi connectivity index (χ1n) is 7.92. The lowest BCUT2D eigenvalue weighted by Gasteiger charge is -2.17. The van der Waals surface area contributed by atoms with Gasteiger partial charge in [-0.2, -0.15) is 0 Å². The number of aryl methyl sites for hydroxylation is 1. The minimum absolute atomic E-state index is 0.0393.